The number of ether oxygens (including phenoxy) is 1. The molecule has 3 rings (SSSR count). The summed E-state index contributed by atoms with van der Waals surface area (Å²) < 4.78 is 11.4. The van der Waals surface area contributed by atoms with Crippen LogP contribution in [0.1, 0.15) is 63.0 Å². The molecular weight excluding hydrogens is 310 g/mol. The van der Waals surface area contributed by atoms with Crippen LogP contribution in [0.5, 0.6) is 0 Å². The molecule has 1 amide bonds. The van der Waals surface area contributed by atoms with Crippen LogP contribution in [0.15, 0.2) is 16.5 Å². The molecule has 1 N–H and O–H groups in total. The third kappa shape index (κ3) is 3.48. The Balaban J connectivity index is 1.77. The Morgan fingerprint density at radius 3 is 2.62 bits per heavy atom. The van der Waals surface area contributed by atoms with Gasteiger partial charge < -0.3 is 19.2 Å². The minimum absolute atomic E-state index is 0.0761. The van der Waals surface area contributed by atoms with Crippen LogP contribution in [0.25, 0.3) is 0 Å². The Hall–Kier alpha value is -1.82. The van der Waals surface area contributed by atoms with Gasteiger partial charge >= 0.3 is 5.97 Å². The quantitative estimate of drug-likeness (QED) is 0.915. The predicted molar refractivity (Wildman–Crippen MR) is 86.5 cm³/mol. The van der Waals surface area contributed by atoms with Crippen molar-refractivity contribution in [1.29, 1.82) is 0 Å². The fraction of sp³-hybridized carbons (Fsp3) is 0.667. The zero-order chi connectivity index (χ0) is 17.1. The summed E-state index contributed by atoms with van der Waals surface area (Å²) >= 11 is 0. The van der Waals surface area contributed by atoms with E-state index in [0.29, 0.717) is 19.4 Å². The van der Waals surface area contributed by atoms with Crippen LogP contribution in [-0.4, -0.2) is 40.6 Å². The summed E-state index contributed by atoms with van der Waals surface area (Å²) in [5.74, 6) is 0.663. The maximum Gasteiger partial charge on any atom is 0.332 e. The van der Waals surface area contributed by atoms with Crippen LogP contribution in [-0.2, 0) is 20.7 Å². The molecule has 0 aromatic carbocycles. The van der Waals surface area contributed by atoms with E-state index in [4.69, 9.17) is 14.3 Å². The zero-order valence-electron chi connectivity index (χ0n) is 14.1. The number of carboxylic acid groups (broad SMARTS) is 1. The number of aryl methyl sites for hydroxylation is 1. The molecule has 1 aromatic heterocycles. The van der Waals surface area contributed by atoms with E-state index >= 15 is 0 Å². The topological polar surface area (TPSA) is 80.0 Å². The van der Waals surface area contributed by atoms with Gasteiger partial charge in [-0.05, 0) is 37.8 Å². The second-order valence-electron chi connectivity index (χ2n) is 6.58. The molecular formula is C18H25NO5. The van der Waals surface area contributed by atoms with Crippen LogP contribution in [0.3, 0.4) is 0 Å². The molecule has 6 nitrogen and oxygen atoms in total. The van der Waals surface area contributed by atoms with Gasteiger partial charge in [0.2, 0.25) is 0 Å². The first-order valence-corrected chi connectivity index (χ1v) is 8.87. The molecule has 2 fully saturated rings. The molecule has 2 aliphatic heterocycles. The number of aliphatic carboxylic acids is 1. The molecule has 24 heavy (non-hydrogen) atoms. The fourth-order valence-corrected chi connectivity index (χ4v) is 3.62. The Kier molecular flexibility index (Phi) is 5.23. The number of furan rings is 1. The Labute approximate surface area is 141 Å². The first-order valence-electron chi connectivity index (χ1n) is 8.87. The van der Waals surface area contributed by atoms with E-state index in [-0.39, 0.29) is 11.9 Å². The molecule has 1 unspecified atom stereocenters. The minimum atomic E-state index is -0.990. The number of carbonyl (C=O) groups is 2. The van der Waals surface area contributed by atoms with Gasteiger partial charge in [0, 0.05) is 13.0 Å². The summed E-state index contributed by atoms with van der Waals surface area (Å²) in [5, 5.41) is 9.06. The number of carboxylic acids is 1. The maximum absolute atomic E-state index is 12.9. The fourth-order valence-electron chi connectivity index (χ4n) is 3.62. The summed E-state index contributed by atoms with van der Waals surface area (Å²) in [7, 11) is 0. The lowest BCUT2D eigenvalue weighted by Crippen LogP contribution is -2.42. The van der Waals surface area contributed by atoms with E-state index in [0.717, 1.165) is 43.6 Å². The van der Waals surface area contributed by atoms with Gasteiger partial charge in [0.1, 0.15) is 17.6 Å². The van der Waals surface area contributed by atoms with Gasteiger partial charge in [0.05, 0.1) is 6.04 Å². The largest absolute Gasteiger partial charge is 0.479 e. The molecule has 2 saturated heterocycles. The summed E-state index contributed by atoms with van der Waals surface area (Å²) in [4.78, 5) is 25.9. The highest BCUT2D eigenvalue weighted by Gasteiger charge is 2.39. The molecule has 2 aliphatic rings. The van der Waals surface area contributed by atoms with Crippen molar-refractivity contribution in [3.8, 4) is 0 Å². The van der Waals surface area contributed by atoms with Crippen LogP contribution >= 0.6 is 0 Å². The summed E-state index contributed by atoms with van der Waals surface area (Å²) in [6, 6.07) is 3.85. The van der Waals surface area contributed by atoms with Crippen LogP contribution < -0.4 is 0 Å². The van der Waals surface area contributed by atoms with Crippen LogP contribution in [0.2, 0.25) is 0 Å². The summed E-state index contributed by atoms with van der Waals surface area (Å²) in [6.07, 6.45) is 4.16. The first-order chi connectivity index (χ1) is 11.6. The van der Waals surface area contributed by atoms with Crippen LogP contribution in [0.4, 0.5) is 0 Å². The normalized spacial score (nSPS) is 27.9. The highest BCUT2D eigenvalue weighted by molar-refractivity contribution is 5.83. The van der Waals surface area contributed by atoms with Crippen molar-refractivity contribution in [3.63, 3.8) is 0 Å². The molecule has 1 aromatic rings. The SMILES string of the molecule is CCc1ccc(C2CCCCCN2C(=O)[C@@H]2CC[C@H](C(=O)O)O2)o1. The lowest BCUT2D eigenvalue weighted by atomic mass is 10.1. The second-order valence-corrected chi connectivity index (χ2v) is 6.58. The predicted octanol–water partition coefficient (Wildman–Crippen LogP) is 2.92. The van der Waals surface area contributed by atoms with E-state index in [1.54, 1.807) is 0 Å². The van der Waals surface area contributed by atoms with Crippen molar-refractivity contribution in [1.82, 2.24) is 4.90 Å². The summed E-state index contributed by atoms with van der Waals surface area (Å²) in [5.41, 5.74) is 0. The third-order valence-electron chi connectivity index (χ3n) is 4.97. The smallest absolute Gasteiger partial charge is 0.332 e. The highest BCUT2D eigenvalue weighted by atomic mass is 16.5. The maximum atomic E-state index is 12.9. The number of likely N-dealkylation sites (tertiary alicyclic amines) is 1. The lowest BCUT2D eigenvalue weighted by Gasteiger charge is -2.30. The van der Waals surface area contributed by atoms with Gasteiger partial charge in [-0.15, -0.1) is 0 Å². The molecule has 3 atom stereocenters. The molecule has 3 heterocycles. The van der Waals surface area contributed by atoms with Crippen molar-refractivity contribution in [2.45, 2.75) is 70.1 Å². The van der Waals surface area contributed by atoms with Gasteiger partial charge in [-0.2, -0.15) is 0 Å². The standard InChI is InChI=1S/C18H25NO5/c1-2-12-7-8-14(23-12)13-6-4-3-5-11-19(13)17(20)15-9-10-16(24-15)18(21)22/h7-8,13,15-16H,2-6,9-11H2,1H3,(H,21,22)/t13?,15-,16+/m0/s1. The molecule has 0 saturated carbocycles. The molecule has 6 heteroatoms. The minimum Gasteiger partial charge on any atom is -0.479 e. The Bertz CT molecular complexity index is 596. The van der Waals surface area contributed by atoms with E-state index in [2.05, 4.69) is 0 Å². The van der Waals surface area contributed by atoms with E-state index < -0.39 is 18.2 Å². The van der Waals surface area contributed by atoms with Crippen LogP contribution in [0, 0.1) is 0 Å². The summed E-state index contributed by atoms with van der Waals surface area (Å²) in [6.45, 7) is 2.71. The van der Waals surface area contributed by atoms with Gasteiger partial charge in [0.25, 0.3) is 5.91 Å². The average Bonchev–Trinajstić information content (AvgIpc) is 3.19. The molecule has 0 bridgehead atoms. The molecule has 0 aliphatic carbocycles. The molecule has 0 spiro atoms. The number of hydrogen-bond donors (Lipinski definition) is 1. The van der Waals surface area contributed by atoms with Crippen molar-refractivity contribution >= 4 is 11.9 Å². The van der Waals surface area contributed by atoms with E-state index in [1.807, 2.05) is 24.0 Å². The van der Waals surface area contributed by atoms with Gasteiger partial charge in [-0.1, -0.05) is 19.8 Å². The lowest BCUT2D eigenvalue weighted by molar-refractivity contribution is -0.156. The molecule has 132 valence electrons. The Morgan fingerprint density at radius 1 is 1.17 bits per heavy atom. The van der Waals surface area contributed by atoms with Crippen molar-refractivity contribution < 1.29 is 23.8 Å². The number of hydrogen-bond acceptors (Lipinski definition) is 4. The average molecular weight is 335 g/mol. The zero-order valence-corrected chi connectivity index (χ0v) is 14.1. The number of rotatable bonds is 4. The highest BCUT2D eigenvalue weighted by Crippen LogP contribution is 2.33. The number of carbonyl (C=O) groups excluding carboxylic acids is 1. The second kappa shape index (κ2) is 7.38. The number of nitrogens with zero attached hydrogens (tertiary/aromatic N) is 1. The number of amides is 1. The third-order valence-corrected chi connectivity index (χ3v) is 4.97. The van der Waals surface area contributed by atoms with Gasteiger partial charge in [-0.3, -0.25) is 4.79 Å². The Morgan fingerprint density at radius 2 is 1.96 bits per heavy atom. The van der Waals surface area contributed by atoms with Gasteiger partial charge in [0.15, 0.2) is 6.10 Å². The van der Waals surface area contributed by atoms with Crippen molar-refractivity contribution in [2.24, 2.45) is 0 Å². The van der Waals surface area contributed by atoms with Crippen molar-refractivity contribution in [2.75, 3.05) is 6.54 Å². The van der Waals surface area contributed by atoms with Crippen molar-refractivity contribution in [3.05, 3.63) is 23.7 Å². The first kappa shape index (κ1) is 17.0. The van der Waals surface area contributed by atoms with E-state index in [1.165, 1.54) is 0 Å². The monoisotopic (exact) mass is 335 g/mol. The molecule has 0 radical (unpaired) electrons. The van der Waals surface area contributed by atoms with Gasteiger partial charge in [-0.25, -0.2) is 4.79 Å². The van der Waals surface area contributed by atoms with E-state index in [9.17, 15) is 9.59 Å².